The summed E-state index contributed by atoms with van der Waals surface area (Å²) in [6, 6.07) is 7.98. The number of halogens is 3. The van der Waals surface area contributed by atoms with E-state index in [2.05, 4.69) is 4.90 Å². The molecular weight excluding hydrogens is 417 g/mol. The Kier molecular flexibility index (Phi) is 4.56. The molecule has 1 saturated heterocycles. The topological polar surface area (TPSA) is 43.8 Å². The molecule has 170 valence electrons. The maximum absolute atomic E-state index is 14.0. The monoisotopic (exact) mass is 444 g/mol. The zero-order valence-electron chi connectivity index (χ0n) is 18.5. The van der Waals surface area contributed by atoms with Crippen molar-refractivity contribution >= 4 is 11.8 Å². The van der Waals surface area contributed by atoms with Crippen LogP contribution in [-0.4, -0.2) is 41.8 Å². The van der Waals surface area contributed by atoms with Crippen molar-refractivity contribution in [2.75, 3.05) is 24.5 Å². The number of rotatable bonds is 1. The van der Waals surface area contributed by atoms with Crippen molar-refractivity contribution in [3.8, 4) is 11.1 Å². The van der Waals surface area contributed by atoms with Gasteiger partial charge in [0.1, 0.15) is 0 Å². The van der Waals surface area contributed by atoms with Crippen molar-refractivity contribution in [2.45, 2.75) is 57.2 Å². The normalized spacial score (nSPS) is 22.2. The lowest BCUT2D eigenvalue weighted by Gasteiger charge is -2.38. The van der Waals surface area contributed by atoms with E-state index in [1.807, 2.05) is 26.8 Å². The van der Waals surface area contributed by atoms with E-state index in [-0.39, 0.29) is 17.5 Å². The molecule has 0 aliphatic carbocycles. The molecule has 0 aromatic heterocycles. The van der Waals surface area contributed by atoms with Gasteiger partial charge in [-0.2, -0.15) is 13.2 Å². The molecule has 1 amide bonds. The lowest BCUT2D eigenvalue weighted by Crippen LogP contribution is -2.47. The van der Waals surface area contributed by atoms with Crippen molar-refractivity contribution in [1.82, 2.24) is 4.90 Å². The first-order valence-electron chi connectivity index (χ1n) is 11.1. The minimum atomic E-state index is -4.45. The number of carboxylic acid groups (broad SMARTS) is 1. The summed E-state index contributed by atoms with van der Waals surface area (Å²) in [4.78, 5) is 15.6. The van der Waals surface area contributed by atoms with E-state index in [9.17, 15) is 23.1 Å². The van der Waals surface area contributed by atoms with Gasteiger partial charge in [-0.05, 0) is 58.2 Å². The standard InChI is InChI=1S/C25H27F3N2O2/c1-24(2,3)21-16(15-6-4-5-7-18(15)25(26,27)28)12-14-8-11-30-19-9-10-29(23(31)32)13-17(19)20(21)22(14)30/h4-7,12,17,19H,8-11,13H2,1-3H3,(H,31,32)/t17-,19+/m1/s1. The van der Waals surface area contributed by atoms with E-state index >= 15 is 0 Å². The number of hydrogen-bond donors (Lipinski definition) is 1. The van der Waals surface area contributed by atoms with Crippen molar-refractivity contribution in [1.29, 1.82) is 0 Å². The third-order valence-electron chi connectivity index (χ3n) is 7.22. The van der Waals surface area contributed by atoms with Gasteiger partial charge in [0.15, 0.2) is 0 Å². The Morgan fingerprint density at radius 2 is 1.81 bits per heavy atom. The van der Waals surface area contributed by atoms with Gasteiger partial charge in [0.25, 0.3) is 0 Å². The molecule has 4 nitrogen and oxygen atoms in total. The zero-order chi connectivity index (χ0) is 23.0. The van der Waals surface area contributed by atoms with E-state index in [1.165, 1.54) is 11.0 Å². The van der Waals surface area contributed by atoms with Crippen molar-refractivity contribution in [2.24, 2.45) is 0 Å². The van der Waals surface area contributed by atoms with Crippen molar-refractivity contribution in [3.05, 3.63) is 52.6 Å². The summed E-state index contributed by atoms with van der Waals surface area (Å²) in [5.41, 5.74) is 4.01. The van der Waals surface area contributed by atoms with Crippen LogP contribution in [-0.2, 0) is 18.0 Å². The van der Waals surface area contributed by atoms with E-state index in [4.69, 9.17) is 0 Å². The first-order valence-corrected chi connectivity index (χ1v) is 11.1. The van der Waals surface area contributed by atoms with Crippen LogP contribution >= 0.6 is 0 Å². The Morgan fingerprint density at radius 1 is 1.09 bits per heavy atom. The summed E-state index contributed by atoms with van der Waals surface area (Å²) in [5.74, 6) is -0.0267. The smallest absolute Gasteiger partial charge is 0.417 e. The molecule has 0 unspecified atom stereocenters. The molecule has 2 atom stereocenters. The Bertz CT molecular complexity index is 1100. The Balaban J connectivity index is 1.79. The molecule has 7 heteroatoms. The molecule has 3 aliphatic rings. The number of carbonyl (C=O) groups is 1. The number of anilines is 1. The number of alkyl halides is 3. The second-order valence-electron chi connectivity index (χ2n) is 10.1. The van der Waals surface area contributed by atoms with E-state index in [1.54, 1.807) is 12.1 Å². The molecule has 5 rings (SSSR count). The fraction of sp³-hybridized carbons (Fsp3) is 0.480. The van der Waals surface area contributed by atoms with Crippen LogP contribution in [0.3, 0.4) is 0 Å². The van der Waals surface area contributed by atoms with Gasteiger partial charge in [-0.1, -0.05) is 39.0 Å². The molecule has 0 spiro atoms. The molecule has 3 heterocycles. The highest BCUT2D eigenvalue weighted by molar-refractivity contribution is 5.84. The summed E-state index contributed by atoms with van der Waals surface area (Å²) in [7, 11) is 0. The molecule has 0 saturated carbocycles. The lowest BCUT2D eigenvalue weighted by molar-refractivity contribution is -0.137. The summed E-state index contributed by atoms with van der Waals surface area (Å²) in [6.45, 7) is 7.83. The number of amides is 1. The third kappa shape index (κ3) is 3.08. The number of likely N-dealkylation sites (tertiary alicyclic amines) is 1. The van der Waals surface area contributed by atoms with E-state index in [0.29, 0.717) is 18.7 Å². The first-order chi connectivity index (χ1) is 15.0. The Morgan fingerprint density at radius 3 is 2.47 bits per heavy atom. The predicted molar refractivity (Wildman–Crippen MR) is 117 cm³/mol. The van der Waals surface area contributed by atoms with E-state index in [0.717, 1.165) is 47.8 Å². The maximum atomic E-state index is 14.0. The molecule has 0 bridgehead atoms. The van der Waals surface area contributed by atoms with Gasteiger partial charge < -0.3 is 14.9 Å². The van der Waals surface area contributed by atoms with Crippen molar-refractivity contribution in [3.63, 3.8) is 0 Å². The number of fused-ring (bicyclic) bond motifs is 3. The van der Waals surface area contributed by atoms with Crippen LogP contribution < -0.4 is 4.90 Å². The summed E-state index contributed by atoms with van der Waals surface area (Å²) in [6.07, 6.45) is -3.84. The molecule has 0 radical (unpaired) electrons. The zero-order valence-corrected chi connectivity index (χ0v) is 18.5. The highest BCUT2D eigenvalue weighted by Crippen LogP contribution is 2.56. The van der Waals surface area contributed by atoms with Gasteiger partial charge in [-0.25, -0.2) is 4.79 Å². The molecular formula is C25H27F3N2O2. The fourth-order valence-electron chi connectivity index (χ4n) is 6.08. The lowest BCUT2D eigenvalue weighted by atomic mass is 9.73. The molecule has 1 N–H and O–H groups in total. The van der Waals surface area contributed by atoms with Crippen LogP contribution in [0.15, 0.2) is 30.3 Å². The number of piperidine rings is 1. The summed E-state index contributed by atoms with van der Waals surface area (Å²) < 4.78 is 41.9. The van der Waals surface area contributed by atoms with Crippen LogP contribution in [0.25, 0.3) is 11.1 Å². The number of hydrogen-bond acceptors (Lipinski definition) is 2. The fourth-order valence-corrected chi connectivity index (χ4v) is 6.08. The van der Waals surface area contributed by atoms with Crippen LogP contribution in [0.2, 0.25) is 0 Å². The van der Waals surface area contributed by atoms with Crippen LogP contribution in [0.5, 0.6) is 0 Å². The minimum Gasteiger partial charge on any atom is -0.465 e. The Hall–Kier alpha value is -2.70. The highest BCUT2D eigenvalue weighted by Gasteiger charge is 2.49. The molecule has 32 heavy (non-hydrogen) atoms. The molecule has 2 aromatic rings. The SMILES string of the molecule is CC(C)(C)c1c(-c2ccccc2C(F)(F)F)cc2c3c1[C@@H]1CN(C(=O)O)CC[C@@H]1N3CC2. The average molecular weight is 444 g/mol. The van der Waals surface area contributed by atoms with Gasteiger partial charge in [0.05, 0.1) is 5.56 Å². The first kappa shape index (κ1) is 21.2. The Labute approximate surface area is 185 Å². The number of benzene rings is 2. The predicted octanol–water partition coefficient (Wildman–Crippen LogP) is 5.88. The summed E-state index contributed by atoms with van der Waals surface area (Å²) >= 11 is 0. The van der Waals surface area contributed by atoms with Gasteiger partial charge >= 0.3 is 12.3 Å². The molecule has 3 aliphatic heterocycles. The largest absolute Gasteiger partial charge is 0.465 e. The molecule has 2 aromatic carbocycles. The minimum absolute atomic E-state index is 0.0267. The third-order valence-corrected chi connectivity index (χ3v) is 7.22. The van der Waals surface area contributed by atoms with Gasteiger partial charge in [0, 0.05) is 37.3 Å². The second kappa shape index (κ2) is 6.90. The summed E-state index contributed by atoms with van der Waals surface area (Å²) in [5, 5.41) is 9.62. The van der Waals surface area contributed by atoms with Crippen LogP contribution in [0, 0.1) is 0 Å². The maximum Gasteiger partial charge on any atom is 0.417 e. The average Bonchev–Trinajstić information content (AvgIpc) is 3.28. The van der Waals surface area contributed by atoms with Crippen LogP contribution in [0.4, 0.5) is 23.7 Å². The van der Waals surface area contributed by atoms with Gasteiger partial charge in [-0.15, -0.1) is 0 Å². The highest BCUT2D eigenvalue weighted by atomic mass is 19.4. The van der Waals surface area contributed by atoms with Gasteiger partial charge in [-0.3, -0.25) is 0 Å². The molecule has 1 fully saturated rings. The van der Waals surface area contributed by atoms with E-state index < -0.39 is 23.2 Å². The van der Waals surface area contributed by atoms with Crippen LogP contribution in [0.1, 0.15) is 55.4 Å². The van der Waals surface area contributed by atoms with Crippen molar-refractivity contribution < 1.29 is 23.1 Å². The number of nitrogens with zero attached hydrogens (tertiary/aromatic N) is 2. The quantitative estimate of drug-likeness (QED) is 0.597. The second-order valence-corrected chi connectivity index (χ2v) is 10.1. The van der Waals surface area contributed by atoms with Gasteiger partial charge in [0.2, 0.25) is 0 Å².